The molecule has 1 aromatic rings. The molecule has 0 amide bonds. The number of rotatable bonds is 5. The molecule has 0 spiro atoms. The molecule has 2 rings (SSSR count). The SMILES string of the molecule is CCCC1(C(=O)O)CCCN(Cc2cc(F)cc(F)c2)C1. The number of aliphatic carboxylic acids is 1. The summed E-state index contributed by atoms with van der Waals surface area (Å²) in [6.45, 7) is 3.56. The minimum absolute atomic E-state index is 0.382. The van der Waals surface area contributed by atoms with Crippen LogP contribution in [0.5, 0.6) is 0 Å². The van der Waals surface area contributed by atoms with Crippen molar-refractivity contribution in [3.8, 4) is 0 Å². The van der Waals surface area contributed by atoms with Gasteiger partial charge in [0, 0.05) is 19.2 Å². The molecule has 0 aromatic heterocycles. The molecule has 0 saturated carbocycles. The van der Waals surface area contributed by atoms with Gasteiger partial charge in [-0.3, -0.25) is 9.69 Å². The fourth-order valence-electron chi connectivity index (χ4n) is 3.29. The molecule has 0 bridgehead atoms. The van der Waals surface area contributed by atoms with E-state index >= 15 is 0 Å². The van der Waals surface area contributed by atoms with Gasteiger partial charge < -0.3 is 5.11 Å². The monoisotopic (exact) mass is 297 g/mol. The molecule has 1 saturated heterocycles. The molecule has 0 radical (unpaired) electrons. The zero-order valence-electron chi connectivity index (χ0n) is 12.2. The van der Waals surface area contributed by atoms with Gasteiger partial charge in [0.15, 0.2) is 0 Å². The van der Waals surface area contributed by atoms with E-state index in [1.54, 1.807) is 0 Å². The maximum absolute atomic E-state index is 13.2. The van der Waals surface area contributed by atoms with E-state index in [1.807, 2.05) is 11.8 Å². The Kier molecular flexibility index (Phi) is 4.93. The van der Waals surface area contributed by atoms with Crippen LogP contribution in [0, 0.1) is 17.0 Å². The number of carbonyl (C=O) groups is 1. The van der Waals surface area contributed by atoms with E-state index in [-0.39, 0.29) is 0 Å². The molecule has 116 valence electrons. The van der Waals surface area contributed by atoms with Crippen molar-refractivity contribution in [1.82, 2.24) is 4.90 Å². The molecule has 1 N–H and O–H groups in total. The maximum atomic E-state index is 13.2. The van der Waals surface area contributed by atoms with Crippen molar-refractivity contribution in [2.24, 2.45) is 5.41 Å². The van der Waals surface area contributed by atoms with Crippen molar-refractivity contribution in [1.29, 1.82) is 0 Å². The lowest BCUT2D eigenvalue weighted by atomic mass is 9.76. The Hall–Kier alpha value is -1.49. The van der Waals surface area contributed by atoms with Gasteiger partial charge in [0.1, 0.15) is 11.6 Å². The van der Waals surface area contributed by atoms with Crippen LogP contribution >= 0.6 is 0 Å². The molecule has 0 aliphatic carbocycles. The predicted octanol–water partition coefficient (Wildman–Crippen LogP) is 3.43. The summed E-state index contributed by atoms with van der Waals surface area (Å²) in [5.41, 5.74) is -0.177. The molecule has 3 nitrogen and oxygen atoms in total. The molecular weight excluding hydrogens is 276 g/mol. The van der Waals surface area contributed by atoms with Gasteiger partial charge in [0.2, 0.25) is 0 Å². The van der Waals surface area contributed by atoms with Crippen LogP contribution in [0.2, 0.25) is 0 Å². The van der Waals surface area contributed by atoms with E-state index in [9.17, 15) is 18.7 Å². The van der Waals surface area contributed by atoms with Crippen molar-refractivity contribution < 1.29 is 18.7 Å². The first kappa shape index (κ1) is 15.9. The Labute approximate surface area is 123 Å². The number of halogens is 2. The first-order valence-corrected chi connectivity index (χ1v) is 7.36. The summed E-state index contributed by atoms with van der Waals surface area (Å²) < 4.78 is 26.5. The van der Waals surface area contributed by atoms with E-state index in [0.717, 1.165) is 25.5 Å². The van der Waals surface area contributed by atoms with Crippen LogP contribution in [-0.4, -0.2) is 29.1 Å². The van der Waals surface area contributed by atoms with Crippen LogP contribution in [0.25, 0.3) is 0 Å². The molecule has 5 heteroatoms. The van der Waals surface area contributed by atoms with Crippen LogP contribution < -0.4 is 0 Å². The number of carboxylic acid groups (broad SMARTS) is 1. The van der Waals surface area contributed by atoms with Crippen molar-refractivity contribution in [2.45, 2.75) is 39.2 Å². The molecule has 21 heavy (non-hydrogen) atoms. The van der Waals surface area contributed by atoms with E-state index in [1.165, 1.54) is 12.1 Å². The van der Waals surface area contributed by atoms with E-state index in [4.69, 9.17) is 0 Å². The summed E-state index contributed by atoms with van der Waals surface area (Å²) in [6.07, 6.45) is 2.92. The lowest BCUT2D eigenvalue weighted by Crippen LogP contribution is -2.47. The summed E-state index contributed by atoms with van der Waals surface area (Å²) in [5.74, 6) is -1.96. The summed E-state index contributed by atoms with van der Waals surface area (Å²) in [6, 6.07) is 3.46. The largest absolute Gasteiger partial charge is 0.481 e. The quantitative estimate of drug-likeness (QED) is 0.905. The molecule has 1 aliphatic heterocycles. The van der Waals surface area contributed by atoms with Gasteiger partial charge in [-0.1, -0.05) is 13.3 Å². The molecule has 1 atom stereocenters. The Balaban J connectivity index is 2.11. The standard InChI is InChI=1S/C16H21F2NO2/c1-2-4-16(15(20)21)5-3-6-19(11-16)10-12-7-13(17)9-14(18)8-12/h7-9H,2-6,10-11H2,1H3,(H,20,21). The minimum Gasteiger partial charge on any atom is -0.481 e. The normalized spacial score (nSPS) is 23.2. The zero-order valence-corrected chi connectivity index (χ0v) is 12.2. The highest BCUT2D eigenvalue weighted by molar-refractivity contribution is 5.75. The van der Waals surface area contributed by atoms with Crippen molar-refractivity contribution in [2.75, 3.05) is 13.1 Å². The maximum Gasteiger partial charge on any atom is 0.310 e. The van der Waals surface area contributed by atoms with Crippen LogP contribution in [0.15, 0.2) is 18.2 Å². The van der Waals surface area contributed by atoms with Gasteiger partial charge in [-0.15, -0.1) is 0 Å². The molecule has 1 unspecified atom stereocenters. The second kappa shape index (κ2) is 6.52. The second-order valence-electron chi connectivity index (χ2n) is 5.93. The Morgan fingerprint density at radius 3 is 2.57 bits per heavy atom. The predicted molar refractivity (Wildman–Crippen MR) is 75.8 cm³/mol. The highest BCUT2D eigenvalue weighted by Gasteiger charge is 2.41. The van der Waals surface area contributed by atoms with Crippen molar-refractivity contribution >= 4 is 5.97 Å². The third-order valence-corrected chi connectivity index (χ3v) is 4.17. The van der Waals surface area contributed by atoms with Crippen molar-refractivity contribution in [3.63, 3.8) is 0 Å². The number of carboxylic acids is 1. The highest BCUT2D eigenvalue weighted by Crippen LogP contribution is 2.35. The molecule has 1 fully saturated rings. The third-order valence-electron chi connectivity index (χ3n) is 4.17. The van der Waals surface area contributed by atoms with Gasteiger partial charge in [-0.2, -0.15) is 0 Å². The third kappa shape index (κ3) is 3.79. The topological polar surface area (TPSA) is 40.5 Å². The second-order valence-corrected chi connectivity index (χ2v) is 5.93. The van der Waals surface area contributed by atoms with Gasteiger partial charge in [0.05, 0.1) is 5.41 Å². The van der Waals surface area contributed by atoms with Crippen LogP contribution in [0.1, 0.15) is 38.2 Å². The van der Waals surface area contributed by atoms with E-state index in [2.05, 4.69) is 0 Å². The van der Waals surface area contributed by atoms with Crippen LogP contribution in [-0.2, 0) is 11.3 Å². The van der Waals surface area contributed by atoms with Gasteiger partial charge >= 0.3 is 5.97 Å². The van der Waals surface area contributed by atoms with Gasteiger partial charge in [-0.25, -0.2) is 8.78 Å². The van der Waals surface area contributed by atoms with Crippen LogP contribution in [0.3, 0.4) is 0 Å². The lowest BCUT2D eigenvalue weighted by molar-refractivity contribution is -0.153. The zero-order chi connectivity index (χ0) is 15.5. The first-order chi connectivity index (χ1) is 9.95. The fraction of sp³-hybridized carbons (Fsp3) is 0.562. The summed E-state index contributed by atoms with van der Waals surface area (Å²) in [5, 5.41) is 9.55. The fourth-order valence-corrected chi connectivity index (χ4v) is 3.29. The molecule has 1 aromatic carbocycles. The minimum atomic E-state index is -0.764. The van der Waals surface area contributed by atoms with Gasteiger partial charge in [0.25, 0.3) is 0 Å². The summed E-state index contributed by atoms with van der Waals surface area (Å²) in [4.78, 5) is 13.6. The molecule has 1 aliphatic rings. The average molecular weight is 297 g/mol. The summed E-state index contributed by atoms with van der Waals surface area (Å²) >= 11 is 0. The Morgan fingerprint density at radius 1 is 1.33 bits per heavy atom. The summed E-state index contributed by atoms with van der Waals surface area (Å²) in [7, 11) is 0. The Bertz CT molecular complexity index is 497. The number of likely N-dealkylation sites (tertiary alicyclic amines) is 1. The average Bonchev–Trinajstić information content (AvgIpc) is 2.37. The molecular formula is C16H21F2NO2. The number of nitrogens with zero attached hydrogens (tertiary/aromatic N) is 1. The van der Waals surface area contributed by atoms with Crippen molar-refractivity contribution in [3.05, 3.63) is 35.4 Å². The highest BCUT2D eigenvalue weighted by atomic mass is 19.1. The smallest absolute Gasteiger partial charge is 0.310 e. The Morgan fingerprint density at radius 2 is 2.00 bits per heavy atom. The number of hydrogen-bond acceptors (Lipinski definition) is 2. The lowest BCUT2D eigenvalue weighted by Gasteiger charge is -2.40. The van der Waals surface area contributed by atoms with E-state index in [0.29, 0.717) is 31.5 Å². The molecule has 1 heterocycles. The van der Waals surface area contributed by atoms with Crippen LogP contribution in [0.4, 0.5) is 8.78 Å². The van der Waals surface area contributed by atoms with E-state index < -0.39 is 23.0 Å². The number of piperidine rings is 1. The number of hydrogen-bond donors (Lipinski definition) is 1. The first-order valence-electron chi connectivity index (χ1n) is 7.36. The van der Waals surface area contributed by atoms with Gasteiger partial charge in [-0.05, 0) is 43.5 Å². The number of benzene rings is 1.